The Morgan fingerprint density at radius 2 is 2.45 bits per heavy atom. The van der Waals surface area contributed by atoms with Crippen LogP contribution in [0, 0.1) is 0 Å². The van der Waals surface area contributed by atoms with Crippen molar-refractivity contribution in [1.29, 1.82) is 0 Å². The van der Waals surface area contributed by atoms with E-state index in [9.17, 15) is 0 Å². The van der Waals surface area contributed by atoms with E-state index >= 15 is 0 Å². The van der Waals surface area contributed by atoms with Gasteiger partial charge in [0.2, 0.25) is 0 Å². The number of aromatic nitrogens is 2. The minimum absolute atomic E-state index is 0.608. The van der Waals surface area contributed by atoms with E-state index in [1.165, 1.54) is 19.3 Å². The predicted molar refractivity (Wildman–Crippen MR) is 43.0 cm³/mol. The first-order valence-corrected chi connectivity index (χ1v) is 4.14. The van der Waals surface area contributed by atoms with Gasteiger partial charge in [0.25, 0.3) is 0 Å². The molecule has 1 aliphatic rings. The summed E-state index contributed by atoms with van der Waals surface area (Å²) in [5.74, 6) is 0. The molecule has 3 heteroatoms. The smallest absolute Gasteiger partial charge is 0.0523 e. The second kappa shape index (κ2) is 2.66. The summed E-state index contributed by atoms with van der Waals surface area (Å²) in [5.41, 5.74) is 6.71. The summed E-state index contributed by atoms with van der Waals surface area (Å²) >= 11 is 0. The van der Waals surface area contributed by atoms with Crippen LogP contribution in [0.3, 0.4) is 0 Å². The number of hydrogen-bond acceptors (Lipinski definition) is 2. The van der Waals surface area contributed by atoms with Crippen molar-refractivity contribution in [3.8, 4) is 0 Å². The molecule has 0 amide bonds. The van der Waals surface area contributed by atoms with Crippen LogP contribution in [0.15, 0.2) is 12.3 Å². The van der Waals surface area contributed by atoms with Crippen molar-refractivity contribution < 1.29 is 0 Å². The van der Waals surface area contributed by atoms with Gasteiger partial charge in [-0.3, -0.25) is 4.68 Å². The highest BCUT2D eigenvalue weighted by Gasteiger charge is 2.21. The molecule has 1 aromatic heterocycles. The fourth-order valence-electron chi connectivity index (χ4n) is 1.46. The molecule has 0 radical (unpaired) electrons. The highest BCUT2D eigenvalue weighted by atomic mass is 15.3. The number of hydrogen-bond donors (Lipinski definition) is 1. The first kappa shape index (κ1) is 6.85. The van der Waals surface area contributed by atoms with Crippen molar-refractivity contribution in [1.82, 2.24) is 9.78 Å². The Labute approximate surface area is 66.2 Å². The monoisotopic (exact) mass is 151 g/mol. The quantitative estimate of drug-likeness (QED) is 0.687. The second-order valence-corrected chi connectivity index (χ2v) is 3.06. The summed E-state index contributed by atoms with van der Waals surface area (Å²) in [4.78, 5) is 0. The molecule has 0 aromatic carbocycles. The summed E-state index contributed by atoms with van der Waals surface area (Å²) in [6.45, 7) is 0.608. The lowest BCUT2D eigenvalue weighted by atomic mass is 9.93. The largest absolute Gasteiger partial charge is 0.325 e. The first-order valence-electron chi connectivity index (χ1n) is 4.14. The van der Waals surface area contributed by atoms with Crippen molar-refractivity contribution in [3.05, 3.63) is 18.0 Å². The molecule has 0 unspecified atom stereocenters. The highest BCUT2D eigenvalue weighted by Crippen LogP contribution is 2.31. The SMILES string of the molecule is NCc1ccnn1C1CCC1. The zero-order chi connectivity index (χ0) is 7.68. The van der Waals surface area contributed by atoms with Crippen LogP contribution in [0.25, 0.3) is 0 Å². The molecule has 0 bridgehead atoms. The van der Waals surface area contributed by atoms with E-state index in [1.54, 1.807) is 0 Å². The lowest BCUT2D eigenvalue weighted by Crippen LogP contribution is -2.21. The van der Waals surface area contributed by atoms with Crippen LogP contribution in [0.4, 0.5) is 0 Å². The Balaban J connectivity index is 2.20. The summed E-state index contributed by atoms with van der Waals surface area (Å²) in [6.07, 6.45) is 5.72. The maximum Gasteiger partial charge on any atom is 0.0523 e. The average Bonchev–Trinajstić information content (AvgIpc) is 2.32. The van der Waals surface area contributed by atoms with E-state index in [2.05, 4.69) is 9.78 Å². The van der Waals surface area contributed by atoms with Gasteiger partial charge < -0.3 is 5.73 Å². The van der Waals surface area contributed by atoms with Crippen LogP contribution in [0.2, 0.25) is 0 Å². The van der Waals surface area contributed by atoms with E-state index in [1.807, 2.05) is 12.3 Å². The van der Waals surface area contributed by atoms with E-state index in [0.717, 1.165) is 5.69 Å². The molecular formula is C8H13N3. The third kappa shape index (κ3) is 1.05. The van der Waals surface area contributed by atoms with Gasteiger partial charge in [0.15, 0.2) is 0 Å². The van der Waals surface area contributed by atoms with Crippen LogP contribution in [0.1, 0.15) is 31.0 Å². The first-order chi connectivity index (χ1) is 5.42. The Kier molecular flexibility index (Phi) is 1.66. The summed E-state index contributed by atoms with van der Waals surface area (Å²) in [7, 11) is 0. The third-order valence-electron chi connectivity index (χ3n) is 2.38. The fourth-order valence-corrected chi connectivity index (χ4v) is 1.46. The maximum absolute atomic E-state index is 5.55. The van der Waals surface area contributed by atoms with Crippen molar-refractivity contribution in [2.45, 2.75) is 31.8 Å². The Morgan fingerprint density at radius 3 is 3.00 bits per heavy atom. The van der Waals surface area contributed by atoms with Gasteiger partial charge in [0, 0.05) is 12.7 Å². The summed E-state index contributed by atoms with van der Waals surface area (Å²) < 4.78 is 2.07. The highest BCUT2D eigenvalue weighted by molar-refractivity contribution is 5.02. The van der Waals surface area contributed by atoms with E-state index in [4.69, 9.17) is 5.73 Å². The molecule has 60 valence electrons. The molecule has 2 rings (SSSR count). The van der Waals surface area contributed by atoms with Crippen molar-refractivity contribution >= 4 is 0 Å². The van der Waals surface area contributed by atoms with Gasteiger partial charge in [0.05, 0.1) is 11.7 Å². The topological polar surface area (TPSA) is 43.8 Å². The molecule has 3 nitrogen and oxygen atoms in total. The number of rotatable bonds is 2. The van der Waals surface area contributed by atoms with Gasteiger partial charge in [-0.15, -0.1) is 0 Å². The standard InChI is InChI=1S/C8H13N3/c9-6-8-4-5-10-11(8)7-2-1-3-7/h4-5,7H,1-3,6,9H2. The summed E-state index contributed by atoms with van der Waals surface area (Å²) in [5, 5.41) is 4.25. The van der Waals surface area contributed by atoms with Crippen molar-refractivity contribution in [3.63, 3.8) is 0 Å². The Hall–Kier alpha value is -0.830. The molecule has 1 saturated carbocycles. The normalized spacial score (nSPS) is 18.3. The molecule has 2 N–H and O–H groups in total. The second-order valence-electron chi connectivity index (χ2n) is 3.06. The van der Waals surface area contributed by atoms with Crippen LogP contribution in [0.5, 0.6) is 0 Å². The zero-order valence-electron chi connectivity index (χ0n) is 6.53. The number of nitrogens with two attached hydrogens (primary N) is 1. The predicted octanol–water partition coefficient (Wildman–Crippen LogP) is 1.07. The molecule has 1 heterocycles. The van der Waals surface area contributed by atoms with E-state index in [0.29, 0.717) is 12.6 Å². The van der Waals surface area contributed by atoms with Crippen molar-refractivity contribution in [2.75, 3.05) is 0 Å². The Bertz CT molecular complexity index is 237. The number of nitrogens with zero attached hydrogens (tertiary/aromatic N) is 2. The van der Waals surface area contributed by atoms with Gasteiger partial charge in [-0.25, -0.2) is 0 Å². The summed E-state index contributed by atoms with van der Waals surface area (Å²) in [6, 6.07) is 2.64. The van der Waals surface area contributed by atoms with Gasteiger partial charge in [-0.05, 0) is 25.3 Å². The molecule has 0 saturated heterocycles. The van der Waals surface area contributed by atoms with Crippen molar-refractivity contribution in [2.24, 2.45) is 5.73 Å². The lowest BCUT2D eigenvalue weighted by Gasteiger charge is -2.27. The van der Waals surface area contributed by atoms with Gasteiger partial charge >= 0.3 is 0 Å². The molecule has 1 fully saturated rings. The maximum atomic E-state index is 5.55. The van der Waals surface area contributed by atoms with Crippen LogP contribution < -0.4 is 5.73 Å². The van der Waals surface area contributed by atoms with Gasteiger partial charge in [0.1, 0.15) is 0 Å². The average molecular weight is 151 g/mol. The molecule has 1 aliphatic carbocycles. The zero-order valence-corrected chi connectivity index (χ0v) is 6.53. The van der Waals surface area contributed by atoms with Gasteiger partial charge in [-0.2, -0.15) is 5.10 Å². The molecular weight excluding hydrogens is 138 g/mol. The van der Waals surface area contributed by atoms with Crippen LogP contribution in [-0.4, -0.2) is 9.78 Å². The minimum atomic E-state index is 0.608. The molecule has 0 spiro atoms. The molecule has 0 atom stereocenters. The van der Waals surface area contributed by atoms with Crippen LogP contribution >= 0.6 is 0 Å². The van der Waals surface area contributed by atoms with Crippen LogP contribution in [-0.2, 0) is 6.54 Å². The van der Waals surface area contributed by atoms with Gasteiger partial charge in [-0.1, -0.05) is 0 Å². The minimum Gasteiger partial charge on any atom is -0.325 e. The van der Waals surface area contributed by atoms with E-state index < -0.39 is 0 Å². The third-order valence-corrected chi connectivity index (χ3v) is 2.38. The molecule has 1 aromatic rings. The molecule has 11 heavy (non-hydrogen) atoms. The fraction of sp³-hybridized carbons (Fsp3) is 0.625. The molecule has 0 aliphatic heterocycles. The van der Waals surface area contributed by atoms with E-state index in [-0.39, 0.29) is 0 Å². The lowest BCUT2D eigenvalue weighted by molar-refractivity contribution is 0.282. The Morgan fingerprint density at radius 1 is 1.64 bits per heavy atom.